The van der Waals surface area contributed by atoms with Gasteiger partial charge in [0.2, 0.25) is 5.88 Å². The summed E-state index contributed by atoms with van der Waals surface area (Å²) >= 11 is 5.77. The fourth-order valence-corrected chi connectivity index (χ4v) is 1.77. The normalized spacial score (nSPS) is 11.9. The van der Waals surface area contributed by atoms with Crippen LogP contribution in [0.5, 0.6) is 5.88 Å². The van der Waals surface area contributed by atoms with E-state index in [1.807, 2.05) is 37.3 Å². The lowest BCUT2D eigenvalue weighted by Crippen LogP contribution is -2.09. The number of aromatic nitrogens is 1. The van der Waals surface area contributed by atoms with Gasteiger partial charge in [0, 0.05) is 0 Å². The summed E-state index contributed by atoms with van der Waals surface area (Å²) in [6.45, 7) is 1.82. The van der Waals surface area contributed by atoms with Gasteiger partial charge in [0.25, 0.3) is 0 Å². The molecule has 0 aliphatic rings. The molecule has 0 radical (unpaired) electrons. The summed E-state index contributed by atoms with van der Waals surface area (Å²) in [5, 5.41) is 9.27. The number of carboxylic acids is 1. The Morgan fingerprint density at radius 3 is 2.58 bits per heavy atom. The molecule has 19 heavy (non-hydrogen) atoms. The highest BCUT2D eigenvalue weighted by Gasteiger charge is 2.16. The third kappa shape index (κ3) is 3.23. The van der Waals surface area contributed by atoms with Crippen molar-refractivity contribution in [1.29, 1.82) is 0 Å². The Bertz CT molecular complexity index is 586. The molecular weight excluding hydrogens is 266 g/mol. The molecule has 0 saturated carbocycles. The first-order valence-corrected chi connectivity index (χ1v) is 6.07. The lowest BCUT2D eigenvalue weighted by molar-refractivity contribution is 0.0688. The topological polar surface area (TPSA) is 59.4 Å². The second-order valence-corrected chi connectivity index (χ2v) is 4.35. The van der Waals surface area contributed by atoms with E-state index < -0.39 is 5.97 Å². The largest absolute Gasteiger partial charge is 0.477 e. The molecule has 0 fully saturated rings. The van der Waals surface area contributed by atoms with Gasteiger partial charge in [-0.2, -0.15) is 0 Å². The molecule has 0 amide bonds. The number of ether oxygens (including phenoxy) is 1. The molecule has 98 valence electrons. The van der Waals surface area contributed by atoms with Crippen molar-refractivity contribution in [3.63, 3.8) is 0 Å². The zero-order chi connectivity index (χ0) is 13.8. The molecule has 1 aromatic carbocycles. The molecule has 0 spiro atoms. The third-order valence-electron chi connectivity index (χ3n) is 2.61. The number of halogens is 1. The molecule has 0 aliphatic heterocycles. The summed E-state index contributed by atoms with van der Waals surface area (Å²) in [5.41, 5.74) is 0.924. The maximum atomic E-state index is 11.1. The van der Waals surface area contributed by atoms with Crippen molar-refractivity contribution in [3.05, 3.63) is 58.7 Å². The Morgan fingerprint density at radius 2 is 1.95 bits per heavy atom. The van der Waals surface area contributed by atoms with Gasteiger partial charge in [-0.05, 0) is 24.6 Å². The van der Waals surface area contributed by atoms with Crippen molar-refractivity contribution in [2.45, 2.75) is 13.0 Å². The van der Waals surface area contributed by atoms with Crippen LogP contribution in [-0.2, 0) is 0 Å². The predicted molar refractivity (Wildman–Crippen MR) is 71.7 cm³/mol. The molecular formula is C14H12ClNO3. The SMILES string of the molecule is CC(Oc1nc(Cl)ccc1C(=O)O)c1ccccc1. The van der Waals surface area contributed by atoms with Gasteiger partial charge < -0.3 is 9.84 Å². The van der Waals surface area contributed by atoms with Crippen LogP contribution < -0.4 is 4.74 Å². The van der Waals surface area contributed by atoms with Crippen molar-refractivity contribution < 1.29 is 14.6 Å². The summed E-state index contributed by atoms with van der Waals surface area (Å²) in [5.74, 6) is -1.07. The minimum atomic E-state index is -1.10. The number of carbonyl (C=O) groups is 1. The van der Waals surface area contributed by atoms with Crippen molar-refractivity contribution in [2.24, 2.45) is 0 Å². The first-order valence-electron chi connectivity index (χ1n) is 5.69. The van der Waals surface area contributed by atoms with Crippen LogP contribution in [-0.4, -0.2) is 16.1 Å². The fraction of sp³-hybridized carbons (Fsp3) is 0.143. The highest BCUT2D eigenvalue weighted by atomic mass is 35.5. The van der Waals surface area contributed by atoms with Crippen LogP contribution in [0.15, 0.2) is 42.5 Å². The van der Waals surface area contributed by atoms with Crippen molar-refractivity contribution in [1.82, 2.24) is 4.98 Å². The number of hydrogen-bond donors (Lipinski definition) is 1. The quantitative estimate of drug-likeness (QED) is 0.868. The first-order chi connectivity index (χ1) is 9.08. The average Bonchev–Trinajstić information content (AvgIpc) is 2.39. The first kappa shape index (κ1) is 13.4. The number of benzene rings is 1. The van der Waals surface area contributed by atoms with Gasteiger partial charge in [-0.15, -0.1) is 0 Å². The molecule has 1 unspecified atom stereocenters. The second kappa shape index (κ2) is 5.71. The summed E-state index contributed by atoms with van der Waals surface area (Å²) < 4.78 is 5.60. The zero-order valence-corrected chi connectivity index (χ0v) is 11.0. The monoisotopic (exact) mass is 277 g/mol. The highest BCUT2D eigenvalue weighted by molar-refractivity contribution is 6.29. The molecule has 1 N–H and O–H groups in total. The van der Waals surface area contributed by atoms with Gasteiger partial charge in [-0.3, -0.25) is 0 Å². The molecule has 0 aliphatic carbocycles. The van der Waals surface area contributed by atoms with Gasteiger partial charge in [-0.1, -0.05) is 41.9 Å². The minimum absolute atomic E-state index is 0.00724. The van der Waals surface area contributed by atoms with E-state index in [2.05, 4.69) is 4.98 Å². The van der Waals surface area contributed by atoms with Crippen molar-refractivity contribution >= 4 is 17.6 Å². The van der Waals surface area contributed by atoms with E-state index in [9.17, 15) is 4.79 Å². The van der Waals surface area contributed by atoms with Crippen LogP contribution in [0, 0.1) is 0 Å². The van der Waals surface area contributed by atoms with E-state index in [1.165, 1.54) is 12.1 Å². The number of rotatable bonds is 4. The van der Waals surface area contributed by atoms with Crippen LogP contribution in [0.3, 0.4) is 0 Å². The van der Waals surface area contributed by atoms with Crippen LogP contribution in [0.4, 0.5) is 0 Å². The second-order valence-electron chi connectivity index (χ2n) is 3.96. The lowest BCUT2D eigenvalue weighted by Gasteiger charge is -2.15. The van der Waals surface area contributed by atoms with Gasteiger partial charge >= 0.3 is 5.97 Å². The Hall–Kier alpha value is -2.07. The number of carboxylic acid groups (broad SMARTS) is 1. The van der Waals surface area contributed by atoms with Gasteiger partial charge in [0.15, 0.2) is 0 Å². The molecule has 4 nitrogen and oxygen atoms in total. The van der Waals surface area contributed by atoms with Gasteiger partial charge in [0.1, 0.15) is 16.8 Å². The van der Waals surface area contributed by atoms with Gasteiger partial charge in [-0.25, -0.2) is 9.78 Å². The average molecular weight is 278 g/mol. The Balaban J connectivity index is 2.28. The summed E-state index contributed by atoms with van der Waals surface area (Å²) in [7, 11) is 0. The van der Waals surface area contributed by atoms with Crippen molar-refractivity contribution in [3.8, 4) is 5.88 Å². The maximum absolute atomic E-state index is 11.1. The number of pyridine rings is 1. The molecule has 2 aromatic rings. The Labute approximate surface area is 115 Å². The molecule has 0 bridgehead atoms. The molecule has 0 saturated heterocycles. The smallest absolute Gasteiger partial charge is 0.341 e. The molecule has 1 aromatic heterocycles. The number of aromatic carboxylic acids is 1. The standard InChI is InChI=1S/C14H12ClNO3/c1-9(10-5-3-2-4-6-10)19-13-11(14(17)18)7-8-12(15)16-13/h2-9H,1H3,(H,17,18). The Morgan fingerprint density at radius 1 is 1.26 bits per heavy atom. The van der Waals surface area contributed by atoms with Crippen LogP contribution in [0.2, 0.25) is 5.15 Å². The molecule has 5 heteroatoms. The molecule has 2 rings (SSSR count). The predicted octanol–water partition coefficient (Wildman–Crippen LogP) is 3.57. The van der Waals surface area contributed by atoms with E-state index >= 15 is 0 Å². The number of hydrogen-bond acceptors (Lipinski definition) is 3. The third-order valence-corrected chi connectivity index (χ3v) is 2.82. The fourth-order valence-electron chi connectivity index (χ4n) is 1.63. The highest BCUT2D eigenvalue weighted by Crippen LogP contribution is 2.25. The van der Waals surface area contributed by atoms with E-state index in [1.54, 1.807) is 0 Å². The van der Waals surface area contributed by atoms with Crippen LogP contribution >= 0.6 is 11.6 Å². The zero-order valence-electron chi connectivity index (χ0n) is 10.2. The summed E-state index contributed by atoms with van der Waals surface area (Å²) in [4.78, 5) is 15.0. The summed E-state index contributed by atoms with van der Waals surface area (Å²) in [6, 6.07) is 12.3. The molecule has 1 atom stereocenters. The van der Waals surface area contributed by atoms with E-state index in [0.29, 0.717) is 0 Å². The van der Waals surface area contributed by atoms with Crippen molar-refractivity contribution in [2.75, 3.05) is 0 Å². The Kier molecular flexibility index (Phi) is 4.02. The van der Waals surface area contributed by atoms with Gasteiger partial charge in [0.05, 0.1) is 0 Å². The maximum Gasteiger partial charge on any atom is 0.341 e. The lowest BCUT2D eigenvalue weighted by atomic mass is 10.1. The van der Waals surface area contributed by atoms with Crippen LogP contribution in [0.25, 0.3) is 0 Å². The minimum Gasteiger partial charge on any atom is -0.477 e. The molecule has 1 heterocycles. The van der Waals surface area contributed by atoms with E-state index in [4.69, 9.17) is 21.4 Å². The van der Waals surface area contributed by atoms with E-state index in [0.717, 1.165) is 5.56 Å². The van der Waals surface area contributed by atoms with Crippen LogP contribution in [0.1, 0.15) is 28.9 Å². The number of nitrogens with zero attached hydrogens (tertiary/aromatic N) is 1. The van der Waals surface area contributed by atoms with E-state index in [-0.39, 0.29) is 22.7 Å². The summed E-state index contributed by atoms with van der Waals surface area (Å²) in [6.07, 6.45) is -0.315.